The molecule has 1 aliphatic heterocycles. The van der Waals surface area contributed by atoms with Crippen molar-refractivity contribution in [2.24, 2.45) is 5.92 Å². The molecule has 0 spiro atoms. The Hall–Kier alpha value is -2.38. The molecule has 1 aliphatic rings. The largest absolute Gasteiger partial charge is 0.497 e. The zero-order valence-corrected chi connectivity index (χ0v) is 16.2. The lowest BCUT2D eigenvalue weighted by atomic mass is 9.91. The van der Waals surface area contributed by atoms with Gasteiger partial charge in [0.1, 0.15) is 16.4 Å². The summed E-state index contributed by atoms with van der Waals surface area (Å²) in [6, 6.07) is 13.6. The lowest BCUT2D eigenvalue weighted by molar-refractivity contribution is 0.0872. The van der Waals surface area contributed by atoms with Crippen LogP contribution in [0.1, 0.15) is 23.2 Å². The molecular weight excluding hydrogens is 366 g/mol. The summed E-state index contributed by atoms with van der Waals surface area (Å²) in [5.41, 5.74) is 0.615. The van der Waals surface area contributed by atoms with E-state index in [1.807, 2.05) is 18.2 Å². The fourth-order valence-corrected chi connectivity index (χ4v) is 5.00. The molecule has 0 N–H and O–H groups in total. The third-order valence-corrected chi connectivity index (χ3v) is 6.71. The molecule has 0 aliphatic carbocycles. The van der Waals surface area contributed by atoms with Crippen LogP contribution in [0, 0.1) is 5.92 Å². The van der Waals surface area contributed by atoms with E-state index in [4.69, 9.17) is 9.47 Å². The highest BCUT2D eigenvalue weighted by molar-refractivity contribution is 7.89. The van der Waals surface area contributed by atoms with Crippen LogP contribution in [0.15, 0.2) is 53.4 Å². The third-order valence-electron chi connectivity index (χ3n) is 4.80. The molecule has 1 fully saturated rings. The van der Waals surface area contributed by atoms with Gasteiger partial charge in [-0.2, -0.15) is 4.31 Å². The number of piperidine rings is 1. The number of carbonyl (C=O) groups is 1. The van der Waals surface area contributed by atoms with Gasteiger partial charge < -0.3 is 9.47 Å². The average molecular weight is 389 g/mol. The van der Waals surface area contributed by atoms with Crippen LogP contribution in [0.3, 0.4) is 0 Å². The normalized spacial score (nSPS) is 18.1. The molecular formula is C20H23NO5S. The molecule has 1 heterocycles. The Morgan fingerprint density at radius 3 is 2.48 bits per heavy atom. The van der Waals surface area contributed by atoms with E-state index in [0.717, 1.165) is 0 Å². The second-order valence-electron chi connectivity index (χ2n) is 6.45. The highest BCUT2D eigenvalue weighted by Crippen LogP contribution is 2.33. The van der Waals surface area contributed by atoms with Gasteiger partial charge in [-0.05, 0) is 25.0 Å². The number of nitrogens with zero attached hydrogens (tertiary/aromatic N) is 1. The number of hydrogen-bond donors (Lipinski definition) is 0. The molecule has 1 unspecified atom stereocenters. The monoisotopic (exact) mass is 389 g/mol. The van der Waals surface area contributed by atoms with Gasteiger partial charge in [0.25, 0.3) is 0 Å². The minimum atomic E-state index is -3.78. The standard InChI is InChI=1S/C20H23NO5S/c1-25-17-10-11-19(18(13-17)26-2)27(23,24)21-12-6-9-16(14-21)20(22)15-7-4-3-5-8-15/h3-5,7-8,10-11,13,16H,6,9,12,14H2,1-2H3. The molecule has 2 aromatic carbocycles. The summed E-state index contributed by atoms with van der Waals surface area (Å²) in [5, 5.41) is 0. The number of methoxy groups -OCH3 is 2. The molecule has 1 atom stereocenters. The van der Waals surface area contributed by atoms with Crippen molar-refractivity contribution in [3.05, 3.63) is 54.1 Å². The SMILES string of the molecule is COc1ccc(S(=O)(=O)N2CCCC(C(=O)c3ccccc3)C2)c(OC)c1. The maximum atomic E-state index is 13.2. The molecule has 27 heavy (non-hydrogen) atoms. The van der Waals surface area contributed by atoms with E-state index in [0.29, 0.717) is 30.7 Å². The second-order valence-corrected chi connectivity index (χ2v) is 8.36. The molecule has 6 nitrogen and oxygen atoms in total. The van der Waals surface area contributed by atoms with Crippen LogP contribution < -0.4 is 9.47 Å². The molecule has 0 bridgehead atoms. The molecule has 1 saturated heterocycles. The Labute approximate surface area is 159 Å². The van der Waals surface area contributed by atoms with Crippen LogP contribution in [-0.2, 0) is 10.0 Å². The van der Waals surface area contributed by atoms with Crippen LogP contribution in [-0.4, -0.2) is 45.8 Å². The van der Waals surface area contributed by atoms with Crippen LogP contribution in [0.5, 0.6) is 11.5 Å². The van der Waals surface area contributed by atoms with E-state index in [-0.39, 0.29) is 28.9 Å². The number of rotatable bonds is 6. The molecule has 144 valence electrons. The maximum absolute atomic E-state index is 13.2. The molecule has 3 rings (SSSR count). The van der Waals surface area contributed by atoms with Crippen LogP contribution in [0.2, 0.25) is 0 Å². The fraction of sp³-hybridized carbons (Fsp3) is 0.350. The summed E-state index contributed by atoms with van der Waals surface area (Å²) in [5.74, 6) is 0.379. The van der Waals surface area contributed by atoms with Crippen molar-refractivity contribution in [2.75, 3.05) is 27.3 Å². The fourth-order valence-electron chi connectivity index (χ4n) is 3.34. The van der Waals surface area contributed by atoms with E-state index in [9.17, 15) is 13.2 Å². The van der Waals surface area contributed by atoms with Gasteiger partial charge in [-0.15, -0.1) is 0 Å². The number of hydrogen-bond acceptors (Lipinski definition) is 5. The predicted octanol–water partition coefficient (Wildman–Crippen LogP) is 2.99. The number of ether oxygens (including phenoxy) is 2. The molecule has 0 aromatic heterocycles. The van der Waals surface area contributed by atoms with E-state index in [1.165, 1.54) is 24.6 Å². The number of carbonyl (C=O) groups excluding carboxylic acids is 1. The molecule has 0 radical (unpaired) electrons. The average Bonchev–Trinajstić information content (AvgIpc) is 2.73. The summed E-state index contributed by atoms with van der Waals surface area (Å²) in [6.45, 7) is 0.557. The molecule has 0 saturated carbocycles. The summed E-state index contributed by atoms with van der Waals surface area (Å²) < 4.78 is 38.1. The van der Waals surface area contributed by atoms with Crippen LogP contribution in [0.4, 0.5) is 0 Å². The Bertz CT molecular complexity index is 911. The Morgan fingerprint density at radius 2 is 1.81 bits per heavy atom. The van der Waals surface area contributed by atoms with Gasteiger partial charge in [-0.3, -0.25) is 4.79 Å². The Morgan fingerprint density at radius 1 is 1.07 bits per heavy atom. The number of Topliss-reactive ketones (excluding diaryl/α,β-unsaturated/α-hetero) is 1. The summed E-state index contributed by atoms with van der Waals surface area (Å²) >= 11 is 0. The first-order valence-electron chi connectivity index (χ1n) is 8.79. The van der Waals surface area contributed by atoms with Crippen molar-refractivity contribution >= 4 is 15.8 Å². The lowest BCUT2D eigenvalue weighted by Crippen LogP contribution is -2.42. The number of ketones is 1. The minimum absolute atomic E-state index is 0.0165. The highest BCUT2D eigenvalue weighted by Gasteiger charge is 2.35. The van der Waals surface area contributed by atoms with Gasteiger partial charge in [0, 0.05) is 30.6 Å². The van der Waals surface area contributed by atoms with Gasteiger partial charge in [-0.25, -0.2) is 8.42 Å². The van der Waals surface area contributed by atoms with Crippen molar-refractivity contribution in [1.82, 2.24) is 4.31 Å². The smallest absolute Gasteiger partial charge is 0.246 e. The van der Waals surface area contributed by atoms with Gasteiger partial charge in [0.15, 0.2) is 5.78 Å². The number of benzene rings is 2. The highest BCUT2D eigenvalue weighted by atomic mass is 32.2. The van der Waals surface area contributed by atoms with E-state index in [1.54, 1.807) is 24.3 Å². The van der Waals surface area contributed by atoms with Crippen molar-refractivity contribution < 1.29 is 22.7 Å². The third kappa shape index (κ3) is 3.99. The summed E-state index contributed by atoms with van der Waals surface area (Å²) in [6.07, 6.45) is 1.32. The first-order valence-corrected chi connectivity index (χ1v) is 10.2. The van der Waals surface area contributed by atoms with Crippen molar-refractivity contribution in [2.45, 2.75) is 17.7 Å². The van der Waals surface area contributed by atoms with Gasteiger partial charge in [-0.1, -0.05) is 30.3 Å². The van der Waals surface area contributed by atoms with Crippen molar-refractivity contribution in [1.29, 1.82) is 0 Å². The van der Waals surface area contributed by atoms with Crippen LogP contribution in [0.25, 0.3) is 0 Å². The quantitative estimate of drug-likeness (QED) is 0.710. The maximum Gasteiger partial charge on any atom is 0.246 e. The Balaban J connectivity index is 1.86. The zero-order valence-electron chi connectivity index (χ0n) is 15.4. The van der Waals surface area contributed by atoms with Gasteiger partial charge in [0.2, 0.25) is 10.0 Å². The van der Waals surface area contributed by atoms with E-state index in [2.05, 4.69) is 0 Å². The van der Waals surface area contributed by atoms with E-state index >= 15 is 0 Å². The minimum Gasteiger partial charge on any atom is -0.497 e. The summed E-state index contributed by atoms with van der Waals surface area (Å²) in [7, 11) is -0.848. The van der Waals surface area contributed by atoms with Gasteiger partial charge in [0.05, 0.1) is 14.2 Å². The zero-order chi connectivity index (χ0) is 19.4. The van der Waals surface area contributed by atoms with Crippen molar-refractivity contribution in [3.63, 3.8) is 0 Å². The van der Waals surface area contributed by atoms with Gasteiger partial charge >= 0.3 is 0 Å². The first kappa shape index (κ1) is 19.4. The lowest BCUT2D eigenvalue weighted by Gasteiger charge is -2.31. The molecule has 0 amide bonds. The predicted molar refractivity (Wildman–Crippen MR) is 102 cm³/mol. The molecule has 7 heteroatoms. The summed E-state index contributed by atoms with van der Waals surface area (Å²) in [4.78, 5) is 12.8. The second kappa shape index (κ2) is 8.10. The van der Waals surface area contributed by atoms with Crippen molar-refractivity contribution in [3.8, 4) is 11.5 Å². The first-order chi connectivity index (χ1) is 13.0. The molecule has 2 aromatic rings. The van der Waals surface area contributed by atoms with Crippen LogP contribution >= 0.6 is 0 Å². The number of sulfonamides is 1. The Kier molecular flexibility index (Phi) is 5.82. The van der Waals surface area contributed by atoms with E-state index < -0.39 is 10.0 Å². The topological polar surface area (TPSA) is 72.9 Å².